The number of carboxylic acid groups (broad SMARTS) is 8. The summed E-state index contributed by atoms with van der Waals surface area (Å²) in [6, 6.07) is 3.53. The number of aliphatic carboxylic acids is 8. The Morgan fingerprint density at radius 2 is 0.920 bits per heavy atom. The standard InChI is InChI=1S/C65H98IN11O23/c1-2-30-75(40-57(86)87)32-33-76(41-58(88)89)34-35-77(31-29-67-39-56(84)85)50(64(98)99)19-14-22-54(81)70-48(38-43-23-25-51(78)44(66)36-43)59(90)72-49(37-42-15-6-5-7-16-42)60(91)71-45(61(92)93)17-10-12-27-68-52(79)20-8-3-4-9-21-53(80)69-28-13-11-18-46(62(94)95)73-65(100)74-47(63(96)97)24-26-55(82)83/h5-7,15-16,23,25,36,45-50,67,78H,2-4,8-14,17-22,24,26-35,37-41H2,1H3,(H,68,79)(H,69,80)(H,70,81)(H,71,91)(H,72,90)(H,82,83)(H,84,85)(H,86,87)(H,88,89)(H,92,93)(H,94,95)(H,96,97)(H,98,99)(H2,73,74,100)/t45?,46-,47-,48?,49+,50?/m0/s1. The highest BCUT2D eigenvalue weighted by Gasteiger charge is 2.32. The third-order valence-corrected chi connectivity index (χ3v) is 16.5. The molecule has 0 aliphatic heterocycles. The Kier molecular flexibility index (Phi) is 43.3. The number of carboxylic acids is 8. The number of phenolic OH excluding ortho intramolecular Hbond substituents is 1. The third-order valence-electron chi connectivity index (χ3n) is 15.7. The normalized spacial score (nSPS) is 13.0. The van der Waals surface area contributed by atoms with Gasteiger partial charge in [-0.05, 0) is 129 Å². The van der Waals surface area contributed by atoms with E-state index in [0.717, 1.165) is 0 Å². The van der Waals surface area contributed by atoms with Crippen LogP contribution in [-0.4, -0.2) is 259 Å². The van der Waals surface area contributed by atoms with E-state index in [9.17, 15) is 108 Å². The van der Waals surface area contributed by atoms with Crippen LogP contribution < -0.4 is 42.5 Å². The summed E-state index contributed by atoms with van der Waals surface area (Å²) in [7, 11) is 0. The summed E-state index contributed by atoms with van der Waals surface area (Å²) in [6.45, 7) is 1.90. The largest absolute Gasteiger partial charge is 0.507 e. The molecule has 0 radical (unpaired) electrons. The van der Waals surface area contributed by atoms with E-state index in [0.29, 0.717) is 66.2 Å². The first-order chi connectivity index (χ1) is 47.5. The second kappa shape index (κ2) is 49.7. The lowest BCUT2D eigenvalue weighted by atomic mass is 10.0. The third kappa shape index (κ3) is 39.7. The van der Waals surface area contributed by atoms with E-state index in [1.807, 2.05) is 29.5 Å². The number of nitrogens with zero attached hydrogens (tertiary/aromatic N) is 3. The van der Waals surface area contributed by atoms with Crippen molar-refractivity contribution < 1.29 is 113 Å². The maximum Gasteiger partial charge on any atom is 0.326 e. The molecule has 0 aliphatic rings. The molecule has 0 saturated heterocycles. The number of benzene rings is 2. The maximum atomic E-state index is 14.5. The number of rotatable bonds is 57. The molecule has 0 spiro atoms. The molecule has 7 amide bonds. The van der Waals surface area contributed by atoms with Crippen molar-refractivity contribution in [2.45, 2.75) is 172 Å². The number of phenols is 1. The van der Waals surface area contributed by atoms with Gasteiger partial charge in [-0.15, -0.1) is 0 Å². The van der Waals surface area contributed by atoms with Crippen molar-refractivity contribution in [3.05, 3.63) is 63.2 Å². The Labute approximate surface area is 592 Å². The monoisotopic (exact) mass is 1530 g/mol. The Morgan fingerprint density at radius 3 is 1.42 bits per heavy atom. The van der Waals surface area contributed by atoms with Gasteiger partial charge in [0.1, 0.15) is 42.0 Å². The van der Waals surface area contributed by atoms with Crippen molar-refractivity contribution in [3.63, 3.8) is 0 Å². The number of hydrogen-bond acceptors (Lipinski definition) is 19. The van der Waals surface area contributed by atoms with Gasteiger partial charge in [0.15, 0.2) is 0 Å². The Balaban J connectivity index is 2.03. The molecule has 0 heterocycles. The maximum absolute atomic E-state index is 14.5. The fourth-order valence-electron chi connectivity index (χ4n) is 10.4. The van der Waals surface area contributed by atoms with Crippen LogP contribution in [0.2, 0.25) is 0 Å². The lowest BCUT2D eigenvalue weighted by Crippen LogP contribution is -2.57. The van der Waals surface area contributed by atoms with E-state index in [-0.39, 0.29) is 147 Å². The van der Waals surface area contributed by atoms with Crippen molar-refractivity contribution in [2.24, 2.45) is 0 Å². The Hall–Kier alpha value is -8.81. The predicted octanol–water partition coefficient (Wildman–Crippen LogP) is 1.09. The van der Waals surface area contributed by atoms with Gasteiger partial charge < -0.3 is 88.5 Å². The van der Waals surface area contributed by atoms with Crippen molar-refractivity contribution >= 4 is 106 Å². The van der Waals surface area contributed by atoms with Gasteiger partial charge in [-0.1, -0.05) is 56.2 Å². The minimum atomic E-state index is -1.54. The zero-order valence-corrected chi connectivity index (χ0v) is 58.3. The van der Waals surface area contributed by atoms with Gasteiger partial charge in [-0.3, -0.25) is 62.6 Å². The van der Waals surface area contributed by atoms with E-state index in [1.165, 1.54) is 21.9 Å². The van der Waals surface area contributed by atoms with E-state index in [4.69, 9.17) is 5.11 Å². The molecule has 0 fully saturated rings. The molecule has 0 aliphatic carbocycles. The number of carbonyl (C=O) groups excluding carboxylic acids is 6. The van der Waals surface area contributed by atoms with Crippen LogP contribution in [-0.2, 0) is 75.2 Å². The first-order valence-corrected chi connectivity index (χ1v) is 34.3. The minimum absolute atomic E-state index is 0.00896. The number of hydrogen-bond donors (Lipinski definition) is 17. The van der Waals surface area contributed by atoms with Gasteiger partial charge in [-0.2, -0.15) is 0 Å². The van der Waals surface area contributed by atoms with Crippen LogP contribution in [0.3, 0.4) is 0 Å². The summed E-state index contributed by atoms with van der Waals surface area (Å²) in [5, 5.41) is 107. The lowest BCUT2D eigenvalue weighted by Gasteiger charge is -2.32. The molecule has 558 valence electrons. The van der Waals surface area contributed by atoms with Crippen LogP contribution >= 0.6 is 22.6 Å². The molecule has 2 aromatic carbocycles. The zero-order valence-electron chi connectivity index (χ0n) is 56.2. The number of halogens is 1. The molecule has 2 rings (SSSR count). The first-order valence-electron chi connectivity index (χ1n) is 33.2. The fraction of sp³-hybridized carbons (Fsp3) is 0.600. The van der Waals surface area contributed by atoms with Crippen molar-refractivity contribution in [3.8, 4) is 5.75 Å². The number of urea groups is 1. The average Bonchev–Trinajstić information content (AvgIpc) is 0.927. The average molecular weight is 1530 g/mol. The summed E-state index contributed by atoms with van der Waals surface area (Å²) in [4.78, 5) is 178. The minimum Gasteiger partial charge on any atom is -0.507 e. The summed E-state index contributed by atoms with van der Waals surface area (Å²) < 4.78 is 0.418. The van der Waals surface area contributed by atoms with Crippen LogP contribution in [0.4, 0.5) is 4.79 Å². The van der Waals surface area contributed by atoms with Crippen LogP contribution in [0.15, 0.2) is 48.5 Å². The summed E-state index contributed by atoms with van der Waals surface area (Å²) >= 11 is 1.88. The van der Waals surface area contributed by atoms with Gasteiger partial charge in [-0.25, -0.2) is 19.2 Å². The number of aromatic hydroxyl groups is 1. The number of nitrogens with one attached hydrogen (secondary N) is 8. The second-order valence-electron chi connectivity index (χ2n) is 23.9. The summed E-state index contributed by atoms with van der Waals surface area (Å²) in [6.07, 6.45) is 2.79. The highest BCUT2D eigenvalue weighted by molar-refractivity contribution is 14.1. The van der Waals surface area contributed by atoms with Gasteiger partial charge in [0.2, 0.25) is 29.5 Å². The first kappa shape index (κ1) is 87.3. The number of unbranched alkanes of at least 4 members (excludes halogenated alkanes) is 5. The molecule has 0 bridgehead atoms. The van der Waals surface area contributed by atoms with Crippen molar-refractivity contribution in [1.82, 2.24) is 57.2 Å². The second-order valence-corrected chi connectivity index (χ2v) is 25.1. The van der Waals surface area contributed by atoms with Gasteiger partial charge in [0.25, 0.3) is 0 Å². The van der Waals surface area contributed by atoms with E-state index < -0.39 is 134 Å². The molecular weight excluding hydrogens is 1430 g/mol. The quantitative estimate of drug-likeness (QED) is 0.0325. The Morgan fingerprint density at radius 1 is 0.430 bits per heavy atom. The van der Waals surface area contributed by atoms with Crippen molar-refractivity contribution in [2.75, 3.05) is 78.5 Å². The van der Waals surface area contributed by atoms with Crippen LogP contribution in [0, 0.1) is 3.57 Å². The molecule has 35 heteroatoms. The van der Waals surface area contributed by atoms with Crippen LogP contribution in [0.5, 0.6) is 5.75 Å². The fourth-order valence-corrected chi connectivity index (χ4v) is 11.0. The lowest BCUT2D eigenvalue weighted by molar-refractivity contribution is -0.144. The van der Waals surface area contributed by atoms with E-state index in [1.54, 1.807) is 41.3 Å². The SMILES string of the molecule is CCCN(CCN(CCN(CCNCC(=O)O)C(CCCC(=O)NC(Cc1ccc(O)c(I)c1)C(=O)N[C@H](Cc1ccccc1)C(=O)NC(CCCCNC(=O)CCCCCCC(=O)NCCCC[C@H](NC(=O)N[C@@H](CCC(=O)O)C(=O)O)C(=O)O)C(=O)O)C(=O)O)CC(=O)O)CC(=O)O. The highest BCUT2D eigenvalue weighted by atomic mass is 127. The van der Waals surface area contributed by atoms with Gasteiger partial charge in [0, 0.05) is 90.9 Å². The van der Waals surface area contributed by atoms with E-state index in [2.05, 4.69) is 42.5 Å². The summed E-state index contributed by atoms with van der Waals surface area (Å²) in [5.41, 5.74) is 1.07. The molecule has 34 nitrogen and oxygen atoms in total. The van der Waals surface area contributed by atoms with Crippen molar-refractivity contribution in [1.29, 1.82) is 0 Å². The molecule has 3 unspecified atom stereocenters. The predicted molar refractivity (Wildman–Crippen MR) is 367 cm³/mol. The summed E-state index contributed by atoms with van der Waals surface area (Å²) in [5.74, 6) is -13.1. The highest BCUT2D eigenvalue weighted by Crippen LogP contribution is 2.22. The molecule has 0 aromatic heterocycles. The topological polar surface area (TPSA) is 527 Å². The van der Waals surface area contributed by atoms with Gasteiger partial charge >= 0.3 is 53.8 Å². The van der Waals surface area contributed by atoms with Crippen LogP contribution in [0.25, 0.3) is 0 Å². The molecule has 100 heavy (non-hydrogen) atoms. The van der Waals surface area contributed by atoms with Crippen LogP contribution in [0.1, 0.15) is 134 Å². The van der Waals surface area contributed by atoms with E-state index >= 15 is 0 Å². The molecule has 17 N–H and O–H groups in total. The zero-order chi connectivity index (χ0) is 74.5. The molecule has 0 saturated carbocycles. The van der Waals surface area contributed by atoms with Gasteiger partial charge in [0.05, 0.1) is 23.2 Å². The molecule has 2 aromatic rings. The Bertz CT molecular complexity index is 2990. The molecule has 6 atom stereocenters. The number of carbonyl (C=O) groups is 14. The smallest absolute Gasteiger partial charge is 0.326 e. The molecular formula is C65H98IN11O23. The number of amides is 7.